The Balaban J connectivity index is 1.16. The Morgan fingerprint density at radius 1 is 0.919 bits per heavy atom. The van der Waals surface area contributed by atoms with Crippen LogP contribution in [0.2, 0.25) is 0 Å². The number of ether oxygens (including phenoxy) is 1. The molecule has 190 valence electrons. The van der Waals surface area contributed by atoms with E-state index in [-0.39, 0.29) is 11.7 Å². The van der Waals surface area contributed by atoms with Crippen LogP contribution in [-0.4, -0.2) is 36.3 Å². The Morgan fingerprint density at radius 3 is 2.22 bits per heavy atom. The lowest BCUT2D eigenvalue weighted by Crippen LogP contribution is -2.37. The third kappa shape index (κ3) is 6.01. The molecule has 0 spiro atoms. The van der Waals surface area contributed by atoms with Gasteiger partial charge >= 0.3 is 0 Å². The Bertz CT molecular complexity index is 1310. The van der Waals surface area contributed by atoms with Gasteiger partial charge in [0.05, 0.1) is 11.8 Å². The zero-order chi connectivity index (χ0) is 25.6. The van der Waals surface area contributed by atoms with Crippen LogP contribution in [0.15, 0.2) is 91.3 Å². The van der Waals surface area contributed by atoms with Crippen LogP contribution in [0.1, 0.15) is 30.1 Å². The number of carbonyl (C=O) groups is 1. The molecule has 6 nitrogen and oxygen atoms in total. The predicted octanol–water partition coefficient (Wildman–Crippen LogP) is 6.62. The van der Waals surface area contributed by atoms with E-state index < -0.39 is 0 Å². The first-order valence-corrected chi connectivity index (χ1v) is 12.7. The minimum Gasteiger partial charge on any atom is -0.378 e. The summed E-state index contributed by atoms with van der Waals surface area (Å²) >= 11 is 0. The van der Waals surface area contributed by atoms with Crippen LogP contribution >= 0.6 is 0 Å². The molecule has 0 saturated carbocycles. The van der Waals surface area contributed by atoms with Gasteiger partial charge in [-0.25, -0.2) is 4.39 Å². The SMILES string of the molecule is CCOC1CCN(c2ccc(C(=O)Nc3ccc(Nc4ccc(-n5cccc5)cc4F)cc3)cc2)CC1. The summed E-state index contributed by atoms with van der Waals surface area (Å²) in [5.41, 5.74) is 4.25. The highest BCUT2D eigenvalue weighted by Crippen LogP contribution is 2.25. The van der Waals surface area contributed by atoms with Crippen molar-refractivity contribution in [2.75, 3.05) is 35.2 Å². The van der Waals surface area contributed by atoms with Gasteiger partial charge in [0.2, 0.25) is 0 Å². The van der Waals surface area contributed by atoms with E-state index in [1.165, 1.54) is 6.07 Å². The maximum absolute atomic E-state index is 14.6. The zero-order valence-electron chi connectivity index (χ0n) is 20.9. The number of aromatic nitrogens is 1. The Morgan fingerprint density at radius 2 is 1.57 bits per heavy atom. The lowest BCUT2D eigenvalue weighted by molar-refractivity contribution is 0.0459. The Labute approximate surface area is 216 Å². The molecule has 3 aromatic carbocycles. The van der Waals surface area contributed by atoms with Crippen LogP contribution in [0.25, 0.3) is 5.69 Å². The second kappa shape index (κ2) is 11.3. The van der Waals surface area contributed by atoms with Crippen molar-refractivity contribution in [2.45, 2.75) is 25.9 Å². The van der Waals surface area contributed by atoms with Gasteiger partial charge in [-0.05, 0) is 98.6 Å². The van der Waals surface area contributed by atoms with Crippen molar-refractivity contribution in [2.24, 2.45) is 0 Å². The highest BCUT2D eigenvalue weighted by Gasteiger charge is 2.19. The van der Waals surface area contributed by atoms with Crippen molar-refractivity contribution in [3.8, 4) is 5.69 Å². The van der Waals surface area contributed by atoms with E-state index in [4.69, 9.17) is 4.74 Å². The number of amides is 1. The van der Waals surface area contributed by atoms with E-state index in [0.29, 0.717) is 23.0 Å². The molecule has 1 aliphatic heterocycles. The summed E-state index contributed by atoms with van der Waals surface area (Å²) in [7, 11) is 0. The molecule has 5 rings (SSSR count). The summed E-state index contributed by atoms with van der Waals surface area (Å²) in [5.74, 6) is -0.514. The molecule has 0 bridgehead atoms. The second-order valence-corrected chi connectivity index (χ2v) is 9.10. The number of piperidine rings is 1. The zero-order valence-corrected chi connectivity index (χ0v) is 20.9. The van der Waals surface area contributed by atoms with Crippen molar-refractivity contribution < 1.29 is 13.9 Å². The van der Waals surface area contributed by atoms with Crippen molar-refractivity contribution in [3.63, 3.8) is 0 Å². The van der Waals surface area contributed by atoms with Gasteiger partial charge in [-0.2, -0.15) is 0 Å². The van der Waals surface area contributed by atoms with Crippen LogP contribution in [0.5, 0.6) is 0 Å². The number of anilines is 4. The number of nitrogens with zero attached hydrogens (tertiary/aromatic N) is 2. The minimum absolute atomic E-state index is 0.172. The molecule has 37 heavy (non-hydrogen) atoms. The van der Waals surface area contributed by atoms with Crippen LogP contribution in [-0.2, 0) is 4.74 Å². The van der Waals surface area contributed by atoms with Crippen LogP contribution in [0.4, 0.5) is 27.1 Å². The summed E-state index contributed by atoms with van der Waals surface area (Å²) in [6, 6.07) is 23.8. The van der Waals surface area contributed by atoms with Gasteiger partial charge in [0, 0.05) is 60.4 Å². The van der Waals surface area contributed by atoms with Crippen molar-refractivity contribution in [3.05, 3.63) is 103 Å². The molecule has 0 aliphatic carbocycles. The van der Waals surface area contributed by atoms with Crippen LogP contribution in [0, 0.1) is 5.82 Å². The van der Waals surface area contributed by atoms with Crippen molar-refractivity contribution >= 4 is 28.7 Å². The fourth-order valence-electron chi connectivity index (χ4n) is 4.61. The lowest BCUT2D eigenvalue weighted by Gasteiger charge is -2.33. The van der Waals surface area contributed by atoms with Gasteiger partial charge in [-0.3, -0.25) is 4.79 Å². The average Bonchev–Trinajstić information content (AvgIpc) is 3.47. The number of hydrogen-bond acceptors (Lipinski definition) is 4. The summed E-state index contributed by atoms with van der Waals surface area (Å²) in [4.78, 5) is 15.1. The molecule has 2 heterocycles. The first kappa shape index (κ1) is 24.6. The maximum atomic E-state index is 14.6. The summed E-state index contributed by atoms with van der Waals surface area (Å²) in [6.45, 7) is 4.71. The molecule has 2 N–H and O–H groups in total. The average molecular weight is 499 g/mol. The van der Waals surface area contributed by atoms with Gasteiger partial charge in [-0.15, -0.1) is 0 Å². The lowest BCUT2D eigenvalue weighted by atomic mass is 10.1. The highest BCUT2D eigenvalue weighted by molar-refractivity contribution is 6.04. The summed E-state index contributed by atoms with van der Waals surface area (Å²) in [5, 5.41) is 6.02. The monoisotopic (exact) mass is 498 g/mol. The van der Waals surface area contributed by atoms with Crippen molar-refractivity contribution in [1.29, 1.82) is 0 Å². The maximum Gasteiger partial charge on any atom is 0.255 e. The molecule has 0 unspecified atom stereocenters. The number of benzene rings is 3. The molecular weight excluding hydrogens is 467 g/mol. The molecule has 1 saturated heterocycles. The standard InChI is InChI=1S/C30H31FN4O2/c1-2-37-27-15-19-35(20-16-27)25-11-5-22(6-12-25)30(36)33-24-9-7-23(8-10-24)32-29-14-13-26(21-28(29)31)34-17-3-4-18-34/h3-14,17-18,21,27,32H,2,15-16,19-20H2,1H3,(H,33,36). The van der Waals surface area contributed by atoms with Crippen LogP contribution in [0.3, 0.4) is 0 Å². The van der Waals surface area contributed by atoms with E-state index >= 15 is 0 Å². The van der Waals surface area contributed by atoms with Crippen molar-refractivity contribution in [1.82, 2.24) is 4.57 Å². The van der Waals surface area contributed by atoms with E-state index in [0.717, 1.165) is 49.6 Å². The molecule has 1 aromatic heterocycles. The quantitative estimate of drug-likeness (QED) is 0.287. The molecule has 4 aromatic rings. The Kier molecular flexibility index (Phi) is 7.51. The number of nitrogens with one attached hydrogen (secondary N) is 2. The van der Waals surface area contributed by atoms with Gasteiger partial charge in [-0.1, -0.05) is 0 Å². The molecule has 1 fully saturated rings. The highest BCUT2D eigenvalue weighted by atomic mass is 19.1. The third-order valence-electron chi connectivity index (χ3n) is 6.62. The number of rotatable bonds is 8. The van der Waals surface area contributed by atoms with E-state index in [1.54, 1.807) is 18.2 Å². The summed E-state index contributed by atoms with van der Waals surface area (Å²) in [6.07, 6.45) is 6.13. The molecule has 1 amide bonds. The topological polar surface area (TPSA) is 58.5 Å². The minimum atomic E-state index is -0.342. The fourth-order valence-corrected chi connectivity index (χ4v) is 4.61. The van der Waals surface area contributed by atoms with E-state index in [2.05, 4.69) is 15.5 Å². The second-order valence-electron chi connectivity index (χ2n) is 9.10. The molecular formula is C30H31FN4O2. The van der Waals surface area contributed by atoms with Gasteiger partial charge in [0.15, 0.2) is 0 Å². The summed E-state index contributed by atoms with van der Waals surface area (Å²) < 4.78 is 22.2. The van der Waals surface area contributed by atoms with Gasteiger partial charge in [0.1, 0.15) is 5.82 Å². The van der Waals surface area contributed by atoms with Crippen LogP contribution < -0.4 is 15.5 Å². The predicted molar refractivity (Wildman–Crippen MR) is 147 cm³/mol. The Hall–Kier alpha value is -4.10. The molecule has 7 heteroatoms. The molecule has 1 aliphatic rings. The normalized spacial score (nSPS) is 13.9. The number of halogens is 1. The molecule has 0 radical (unpaired) electrons. The van der Waals surface area contributed by atoms with Gasteiger partial charge in [0.25, 0.3) is 5.91 Å². The van der Waals surface area contributed by atoms with Gasteiger partial charge < -0.3 is 24.8 Å². The largest absolute Gasteiger partial charge is 0.378 e. The number of carbonyl (C=O) groups excluding carboxylic acids is 1. The first-order valence-electron chi connectivity index (χ1n) is 12.7. The van der Waals surface area contributed by atoms with E-state index in [1.807, 2.05) is 78.5 Å². The number of hydrogen-bond donors (Lipinski definition) is 2. The molecule has 0 atom stereocenters. The fraction of sp³-hybridized carbons (Fsp3) is 0.233. The smallest absolute Gasteiger partial charge is 0.255 e. The third-order valence-corrected chi connectivity index (χ3v) is 6.62. The first-order chi connectivity index (χ1) is 18.1. The van der Waals surface area contributed by atoms with E-state index in [9.17, 15) is 9.18 Å².